The van der Waals surface area contributed by atoms with Crippen LogP contribution in [0.1, 0.15) is 33.6 Å². The molecule has 4 heteroatoms. The number of hydrogen-bond acceptors (Lipinski definition) is 2. The molecule has 0 spiro atoms. The van der Waals surface area contributed by atoms with E-state index in [0.717, 1.165) is 24.4 Å². The predicted molar refractivity (Wildman–Crippen MR) is 71.9 cm³/mol. The van der Waals surface area contributed by atoms with Crippen LogP contribution in [-0.4, -0.2) is 26.0 Å². The van der Waals surface area contributed by atoms with Crippen LogP contribution in [0.5, 0.6) is 0 Å². The molecule has 0 radical (unpaired) electrons. The normalized spacial score (nSPS) is 23.0. The number of nitrogens with one attached hydrogen (secondary N) is 1. The first-order chi connectivity index (χ1) is 6.72. The van der Waals surface area contributed by atoms with E-state index in [-0.39, 0.29) is 0 Å². The zero-order chi connectivity index (χ0) is 11.7. The molecule has 1 aliphatic rings. The summed E-state index contributed by atoms with van der Waals surface area (Å²) in [6, 6.07) is 0.451. The molecule has 0 aromatic carbocycles. The van der Waals surface area contributed by atoms with Crippen LogP contribution in [0.4, 0.5) is 0 Å². The third-order valence-electron chi connectivity index (χ3n) is 3.54. The summed E-state index contributed by atoms with van der Waals surface area (Å²) in [5.41, 5.74) is 0. The largest absolute Gasteiger partial charge is 0.415 e. The molecule has 0 aromatic heterocycles. The van der Waals surface area contributed by atoms with Gasteiger partial charge in [-0.3, -0.25) is 0 Å². The van der Waals surface area contributed by atoms with Crippen molar-refractivity contribution in [2.45, 2.75) is 57.8 Å². The van der Waals surface area contributed by atoms with E-state index in [2.05, 4.69) is 39.2 Å². The van der Waals surface area contributed by atoms with Gasteiger partial charge in [-0.2, -0.15) is 0 Å². The molecule has 1 heterocycles. The Morgan fingerprint density at radius 1 is 1.47 bits per heavy atom. The van der Waals surface area contributed by atoms with Crippen LogP contribution in [0, 0.1) is 0 Å². The molecule has 1 atom stereocenters. The van der Waals surface area contributed by atoms with E-state index in [1.165, 1.54) is 0 Å². The Morgan fingerprint density at radius 2 is 2.07 bits per heavy atom. The summed E-state index contributed by atoms with van der Waals surface area (Å²) in [5, 5.41) is 3.60. The van der Waals surface area contributed by atoms with E-state index in [1.54, 1.807) is 0 Å². The Morgan fingerprint density at radius 3 is 2.47 bits per heavy atom. The Hall–Kier alpha value is 0.0669. The molecule has 1 fully saturated rings. The lowest BCUT2D eigenvalue weighted by Crippen LogP contribution is -2.44. The average Bonchev–Trinajstić information content (AvgIpc) is 2.46. The second-order valence-electron chi connectivity index (χ2n) is 5.87. The quantitative estimate of drug-likeness (QED) is 0.610. The van der Waals surface area contributed by atoms with Gasteiger partial charge in [-0.15, -0.1) is 0 Å². The molecule has 1 unspecified atom stereocenters. The van der Waals surface area contributed by atoms with Crippen LogP contribution in [0.25, 0.3) is 0 Å². The van der Waals surface area contributed by atoms with Crippen molar-refractivity contribution in [3.63, 3.8) is 0 Å². The predicted octanol–water partition coefficient (Wildman–Crippen LogP) is 3.09. The summed E-state index contributed by atoms with van der Waals surface area (Å²) in [6.07, 6.45) is 2.16. The van der Waals surface area contributed by atoms with E-state index in [0.29, 0.717) is 11.1 Å². The third kappa shape index (κ3) is 3.54. The summed E-state index contributed by atoms with van der Waals surface area (Å²) in [4.78, 5) is 0.999. The minimum absolute atomic E-state index is 0.298. The molecular formula is C11H23NOSSi. The molecule has 0 saturated carbocycles. The van der Waals surface area contributed by atoms with E-state index in [9.17, 15) is 0 Å². The van der Waals surface area contributed by atoms with Gasteiger partial charge in [-0.25, -0.2) is 0 Å². The van der Waals surface area contributed by atoms with Crippen molar-refractivity contribution in [3.8, 4) is 0 Å². The minimum Gasteiger partial charge on any atom is -0.415 e. The smallest absolute Gasteiger partial charge is 0.192 e. The van der Waals surface area contributed by atoms with Crippen LogP contribution in [0.2, 0.25) is 18.1 Å². The van der Waals surface area contributed by atoms with Gasteiger partial charge in [0.1, 0.15) is 0 Å². The standard InChI is InChI=1S/C11H23NOSSi/c1-11(2,3)15(4,5)13-8-9-6-7-10(14)12-9/h9H,6-8H2,1-5H3,(H,12,14). The lowest BCUT2D eigenvalue weighted by molar-refractivity contribution is 0.256. The molecule has 88 valence electrons. The Balaban J connectivity index is 2.40. The molecule has 0 aromatic rings. The van der Waals surface area contributed by atoms with Gasteiger partial charge >= 0.3 is 0 Å². The van der Waals surface area contributed by atoms with E-state index in [1.807, 2.05) is 0 Å². The topological polar surface area (TPSA) is 21.3 Å². The maximum Gasteiger partial charge on any atom is 0.192 e. The molecular weight excluding hydrogens is 222 g/mol. The van der Waals surface area contributed by atoms with Crippen LogP contribution in [-0.2, 0) is 4.43 Å². The van der Waals surface area contributed by atoms with Gasteiger partial charge in [0.05, 0.1) is 11.6 Å². The van der Waals surface area contributed by atoms with Gasteiger partial charge < -0.3 is 9.74 Å². The third-order valence-corrected chi connectivity index (χ3v) is 8.36. The van der Waals surface area contributed by atoms with Gasteiger partial charge in [-0.05, 0) is 31.0 Å². The van der Waals surface area contributed by atoms with Gasteiger partial charge in [0.2, 0.25) is 0 Å². The van der Waals surface area contributed by atoms with E-state index in [4.69, 9.17) is 16.6 Å². The maximum atomic E-state index is 6.14. The summed E-state index contributed by atoms with van der Waals surface area (Å²) >= 11 is 5.12. The highest BCUT2D eigenvalue weighted by molar-refractivity contribution is 7.80. The average molecular weight is 245 g/mol. The monoisotopic (exact) mass is 245 g/mol. The summed E-state index contributed by atoms with van der Waals surface area (Å²) < 4.78 is 6.14. The molecule has 1 N–H and O–H groups in total. The first-order valence-electron chi connectivity index (χ1n) is 5.66. The molecule has 0 bridgehead atoms. The van der Waals surface area contributed by atoms with Crippen molar-refractivity contribution in [3.05, 3.63) is 0 Å². The highest BCUT2D eigenvalue weighted by Crippen LogP contribution is 2.36. The first-order valence-corrected chi connectivity index (χ1v) is 8.97. The van der Waals surface area contributed by atoms with Crippen molar-refractivity contribution in [1.29, 1.82) is 0 Å². The van der Waals surface area contributed by atoms with Crippen LogP contribution >= 0.6 is 12.2 Å². The van der Waals surface area contributed by atoms with Crippen LogP contribution in [0.15, 0.2) is 0 Å². The fraction of sp³-hybridized carbons (Fsp3) is 0.909. The van der Waals surface area contributed by atoms with Crippen LogP contribution < -0.4 is 5.32 Å². The minimum atomic E-state index is -1.58. The first kappa shape index (κ1) is 13.1. The molecule has 1 rings (SSSR count). The number of thiocarbonyl (C=S) groups is 1. The number of hydrogen-bond donors (Lipinski definition) is 1. The summed E-state index contributed by atoms with van der Waals surface area (Å²) in [7, 11) is -1.58. The van der Waals surface area contributed by atoms with Gasteiger partial charge in [0.15, 0.2) is 8.32 Å². The van der Waals surface area contributed by atoms with Gasteiger partial charge in [0.25, 0.3) is 0 Å². The Labute approximate surface area is 99.9 Å². The second kappa shape index (κ2) is 4.51. The lowest BCUT2D eigenvalue weighted by atomic mass is 10.2. The fourth-order valence-corrected chi connectivity index (χ4v) is 2.66. The van der Waals surface area contributed by atoms with Gasteiger partial charge in [-0.1, -0.05) is 33.0 Å². The molecule has 0 aliphatic carbocycles. The summed E-state index contributed by atoms with van der Waals surface area (Å²) in [5.74, 6) is 0. The SMILES string of the molecule is CC(C)(C)[Si](C)(C)OCC1CCC(=S)N1. The summed E-state index contributed by atoms with van der Waals surface area (Å²) in [6.45, 7) is 12.2. The van der Waals surface area contributed by atoms with Gasteiger partial charge in [0, 0.05) is 6.04 Å². The van der Waals surface area contributed by atoms with E-state index < -0.39 is 8.32 Å². The molecule has 1 aliphatic heterocycles. The lowest BCUT2D eigenvalue weighted by Gasteiger charge is -2.36. The van der Waals surface area contributed by atoms with E-state index >= 15 is 0 Å². The van der Waals surface area contributed by atoms with Crippen molar-refractivity contribution >= 4 is 25.5 Å². The number of rotatable bonds is 3. The van der Waals surface area contributed by atoms with Crippen molar-refractivity contribution in [1.82, 2.24) is 5.32 Å². The zero-order valence-corrected chi connectivity index (χ0v) is 12.3. The molecule has 15 heavy (non-hydrogen) atoms. The Kier molecular flexibility index (Phi) is 3.95. The molecule has 2 nitrogen and oxygen atoms in total. The molecule has 1 saturated heterocycles. The molecule has 0 amide bonds. The highest BCUT2D eigenvalue weighted by Gasteiger charge is 2.37. The zero-order valence-electron chi connectivity index (χ0n) is 10.5. The van der Waals surface area contributed by atoms with Crippen LogP contribution in [0.3, 0.4) is 0 Å². The Bertz CT molecular complexity index is 247. The maximum absolute atomic E-state index is 6.14. The highest BCUT2D eigenvalue weighted by atomic mass is 32.1. The van der Waals surface area contributed by atoms with Crippen molar-refractivity contribution < 1.29 is 4.43 Å². The van der Waals surface area contributed by atoms with Crippen molar-refractivity contribution in [2.75, 3.05) is 6.61 Å². The second-order valence-corrected chi connectivity index (χ2v) is 11.2. The fourth-order valence-electron chi connectivity index (χ4n) is 1.33. The van der Waals surface area contributed by atoms with Crippen molar-refractivity contribution in [2.24, 2.45) is 0 Å².